The molecule has 1 saturated heterocycles. The molecule has 2 heterocycles. The maximum atomic E-state index is 10.6. The largest absolute Gasteiger partial charge is 0.390 e. The van der Waals surface area contributed by atoms with Crippen molar-refractivity contribution in [3.8, 4) is 0 Å². The first-order valence-electron chi connectivity index (χ1n) is 6.26. The summed E-state index contributed by atoms with van der Waals surface area (Å²) in [6, 6.07) is 1.26. The van der Waals surface area contributed by atoms with Crippen LogP contribution in [-0.4, -0.2) is 39.3 Å². The van der Waals surface area contributed by atoms with Crippen molar-refractivity contribution in [3.63, 3.8) is 0 Å². The first kappa shape index (κ1) is 13.9. The van der Waals surface area contributed by atoms with Gasteiger partial charge in [0, 0.05) is 6.61 Å². The quantitative estimate of drug-likeness (QED) is 0.607. The average molecular weight is 271 g/mol. The maximum Gasteiger partial charge on any atom is 0.390 e. The van der Waals surface area contributed by atoms with Gasteiger partial charge in [0.15, 0.2) is 6.29 Å². The zero-order valence-electron chi connectivity index (χ0n) is 10.5. The number of ether oxygens (including phenoxy) is 2. The molecule has 8 nitrogen and oxygen atoms in total. The zero-order valence-corrected chi connectivity index (χ0v) is 10.5. The maximum absolute atomic E-state index is 10.6. The highest BCUT2D eigenvalue weighted by molar-refractivity contribution is 5.21. The molecule has 0 radical (unpaired) electrons. The SMILES string of the molecule is O=[N+]([O-])c1cc(CO)n(CCOC2CCCCO2)n1. The minimum absolute atomic E-state index is 0.197. The number of hydrogen-bond acceptors (Lipinski definition) is 6. The van der Waals surface area contributed by atoms with Gasteiger partial charge in [-0.1, -0.05) is 0 Å². The molecule has 1 aliphatic rings. The van der Waals surface area contributed by atoms with Crippen LogP contribution in [0.15, 0.2) is 6.07 Å². The second-order valence-electron chi connectivity index (χ2n) is 4.30. The van der Waals surface area contributed by atoms with Crippen molar-refractivity contribution in [3.05, 3.63) is 21.9 Å². The molecule has 0 saturated carbocycles. The third kappa shape index (κ3) is 3.72. The minimum atomic E-state index is -0.583. The number of rotatable bonds is 6. The van der Waals surface area contributed by atoms with Crippen LogP contribution in [0.25, 0.3) is 0 Å². The van der Waals surface area contributed by atoms with E-state index in [4.69, 9.17) is 14.6 Å². The standard InChI is InChI=1S/C11H17N3O5/c15-8-9-7-10(14(16)17)12-13(9)4-6-19-11-3-1-2-5-18-11/h7,11,15H,1-6,8H2. The van der Waals surface area contributed by atoms with Gasteiger partial charge in [-0.3, -0.25) is 0 Å². The fourth-order valence-electron chi connectivity index (χ4n) is 1.96. The Morgan fingerprint density at radius 2 is 2.47 bits per heavy atom. The highest BCUT2D eigenvalue weighted by atomic mass is 16.7. The lowest BCUT2D eigenvalue weighted by atomic mass is 10.2. The lowest BCUT2D eigenvalue weighted by Crippen LogP contribution is -2.24. The highest BCUT2D eigenvalue weighted by Gasteiger charge is 2.18. The molecule has 0 aromatic carbocycles. The van der Waals surface area contributed by atoms with Gasteiger partial charge in [0.25, 0.3) is 0 Å². The van der Waals surface area contributed by atoms with E-state index in [1.165, 1.54) is 10.7 Å². The van der Waals surface area contributed by atoms with Crippen LogP contribution in [0.3, 0.4) is 0 Å². The van der Waals surface area contributed by atoms with Crippen molar-refractivity contribution in [2.45, 2.75) is 38.7 Å². The van der Waals surface area contributed by atoms with Crippen molar-refractivity contribution in [1.82, 2.24) is 9.78 Å². The van der Waals surface area contributed by atoms with Gasteiger partial charge in [-0.2, -0.15) is 4.68 Å². The summed E-state index contributed by atoms with van der Waals surface area (Å²) in [5, 5.41) is 23.5. The molecule has 1 aromatic heterocycles. The summed E-state index contributed by atoms with van der Waals surface area (Å²) in [4.78, 5) is 10.0. The van der Waals surface area contributed by atoms with Crippen molar-refractivity contribution in [2.24, 2.45) is 0 Å². The molecule has 0 bridgehead atoms. The van der Waals surface area contributed by atoms with E-state index in [0.29, 0.717) is 25.5 Å². The second-order valence-corrected chi connectivity index (χ2v) is 4.30. The molecule has 1 aliphatic heterocycles. The van der Waals surface area contributed by atoms with E-state index in [0.717, 1.165) is 19.3 Å². The van der Waals surface area contributed by atoms with Crippen LogP contribution in [0.2, 0.25) is 0 Å². The minimum Gasteiger partial charge on any atom is -0.390 e. The van der Waals surface area contributed by atoms with Crippen molar-refractivity contribution in [2.75, 3.05) is 13.2 Å². The summed E-state index contributed by atoms with van der Waals surface area (Å²) in [7, 11) is 0. The fraction of sp³-hybridized carbons (Fsp3) is 0.727. The lowest BCUT2D eigenvalue weighted by Gasteiger charge is -2.22. The summed E-state index contributed by atoms with van der Waals surface area (Å²) in [6.45, 7) is 1.11. The number of aliphatic hydroxyl groups excluding tert-OH is 1. The van der Waals surface area contributed by atoms with Crippen LogP contribution < -0.4 is 0 Å². The van der Waals surface area contributed by atoms with Gasteiger partial charge in [-0.05, 0) is 24.2 Å². The van der Waals surface area contributed by atoms with Crippen LogP contribution in [0.1, 0.15) is 25.0 Å². The van der Waals surface area contributed by atoms with Crippen molar-refractivity contribution >= 4 is 5.82 Å². The number of nitrogens with zero attached hydrogens (tertiary/aromatic N) is 3. The van der Waals surface area contributed by atoms with Gasteiger partial charge in [0.2, 0.25) is 0 Å². The van der Waals surface area contributed by atoms with E-state index in [-0.39, 0.29) is 18.7 Å². The van der Waals surface area contributed by atoms with Crippen LogP contribution in [0.5, 0.6) is 0 Å². The third-order valence-electron chi connectivity index (χ3n) is 2.94. The Balaban J connectivity index is 1.85. The monoisotopic (exact) mass is 271 g/mol. The Labute approximate surface area is 110 Å². The smallest absolute Gasteiger partial charge is 0.390 e. The van der Waals surface area contributed by atoms with Gasteiger partial charge in [-0.25, -0.2) is 0 Å². The molecule has 19 heavy (non-hydrogen) atoms. The summed E-state index contributed by atoms with van der Waals surface area (Å²) in [6.07, 6.45) is 2.81. The second kappa shape index (κ2) is 6.60. The molecule has 1 unspecified atom stereocenters. The van der Waals surface area contributed by atoms with Crippen LogP contribution in [0, 0.1) is 10.1 Å². The average Bonchev–Trinajstić information content (AvgIpc) is 2.83. The van der Waals surface area contributed by atoms with E-state index in [9.17, 15) is 10.1 Å². The zero-order chi connectivity index (χ0) is 13.7. The van der Waals surface area contributed by atoms with E-state index >= 15 is 0 Å². The molecular formula is C11H17N3O5. The predicted octanol–water partition coefficient (Wildman–Crippen LogP) is 0.827. The van der Waals surface area contributed by atoms with E-state index in [1.807, 2.05) is 0 Å². The summed E-state index contributed by atoms with van der Waals surface area (Å²) < 4.78 is 12.3. The molecule has 1 atom stereocenters. The topological polar surface area (TPSA) is 99.7 Å². The predicted molar refractivity (Wildman–Crippen MR) is 64.3 cm³/mol. The molecule has 0 amide bonds. The van der Waals surface area contributed by atoms with Crippen LogP contribution in [-0.2, 0) is 22.6 Å². The number of nitro groups is 1. The molecule has 1 aromatic rings. The Kier molecular flexibility index (Phi) is 4.83. The fourth-order valence-corrected chi connectivity index (χ4v) is 1.96. The summed E-state index contributed by atoms with van der Waals surface area (Å²) in [5.41, 5.74) is 0.403. The first-order valence-corrected chi connectivity index (χ1v) is 6.26. The number of hydrogen-bond donors (Lipinski definition) is 1. The molecule has 1 fully saturated rings. The van der Waals surface area contributed by atoms with Gasteiger partial charge in [0.1, 0.15) is 0 Å². The lowest BCUT2D eigenvalue weighted by molar-refractivity contribution is -0.389. The normalized spacial score (nSPS) is 19.5. The molecular weight excluding hydrogens is 254 g/mol. The van der Waals surface area contributed by atoms with E-state index in [1.54, 1.807) is 0 Å². The summed E-state index contributed by atoms with van der Waals surface area (Å²) >= 11 is 0. The molecule has 2 rings (SSSR count). The van der Waals surface area contributed by atoms with Gasteiger partial charge in [0.05, 0.1) is 36.6 Å². The van der Waals surface area contributed by atoms with Crippen molar-refractivity contribution < 1.29 is 19.5 Å². The number of aromatic nitrogens is 2. The van der Waals surface area contributed by atoms with E-state index in [2.05, 4.69) is 5.10 Å². The van der Waals surface area contributed by atoms with Crippen LogP contribution >= 0.6 is 0 Å². The molecule has 0 aliphatic carbocycles. The molecule has 0 spiro atoms. The molecule has 106 valence electrons. The van der Waals surface area contributed by atoms with Crippen molar-refractivity contribution in [1.29, 1.82) is 0 Å². The molecule has 1 N–H and O–H groups in total. The van der Waals surface area contributed by atoms with Gasteiger partial charge < -0.3 is 24.7 Å². The molecule has 8 heteroatoms. The van der Waals surface area contributed by atoms with Gasteiger partial charge >= 0.3 is 5.82 Å². The Morgan fingerprint density at radius 3 is 3.11 bits per heavy atom. The Hall–Kier alpha value is -1.51. The van der Waals surface area contributed by atoms with Crippen LogP contribution in [0.4, 0.5) is 5.82 Å². The summed E-state index contributed by atoms with van der Waals surface area (Å²) in [5.74, 6) is -0.266. The Bertz CT molecular complexity index is 428. The third-order valence-corrected chi connectivity index (χ3v) is 2.94. The number of aliphatic hydroxyl groups is 1. The highest BCUT2D eigenvalue weighted by Crippen LogP contribution is 2.15. The van der Waals surface area contributed by atoms with E-state index < -0.39 is 4.92 Å². The van der Waals surface area contributed by atoms with Gasteiger partial charge in [-0.15, -0.1) is 0 Å². The first-order chi connectivity index (χ1) is 9.20. The Morgan fingerprint density at radius 1 is 1.63 bits per heavy atom.